The number of rotatable bonds is 4. The SMILES string of the molecule is CCOc1cc(Br)cc(C(C)=O)c1C=O. The highest BCUT2D eigenvalue weighted by Gasteiger charge is 2.13. The largest absolute Gasteiger partial charge is 0.493 e. The third kappa shape index (κ3) is 2.65. The average Bonchev–Trinajstić information content (AvgIpc) is 2.17. The van der Waals surface area contributed by atoms with Gasteiger partial charge >= 0.3 is 0 Å². The van der Waals surface area contributed by atoms with E-state index >= 15 is 0 Å². The average molecular weight is 271 g/mol. The Balaban J connectivity index is 3.37. The van der Waals surface area contributed by atoms with E-state index in [9.17, 15) is 9.59 Å². The lowest BCUT2D eigenvalue weighted by Crippen LogP contribution is -2.03. The van der Waals surface area contributed by atoms with Gasteiger partial charge in [0.05, 0.1) is 12.2 Å². The molecule has 0 saturated carbocycles. The van der Waals surface area contributed by atoms with Gasteiger partial charge in [-0.25, -0.2) is 0 Å². The molecule has 1 aromatic rings. The summed E-state index contributed by atoms with van der Waals surface area (Å²) in [5, 5.41) is 0. The Labute approximate surface area is 96.6 Å². The number of halogens is 1. The number of ketones is 1. The second kappa shape index (κ2) is 5.07. The molecule has 1 rings (SSSR count). The van der Waals surface area contributed by atoms with Gasteiger partial charge in [-0.15, -0.1) is 0 Å². The molecule has 0 aliphatic carbocycles. The van der Waals surface area contributed by atoms with Crippen LogP contribution in [0.25, 0.3) is 0 Å². The molecule has 0 unspecified atom stereocenters. The third-order valence-electron chi connectivity index (χ3n) is 1.90. The van der Waals surface area contributed by atoms with Crippen molar-refractivity contribution in [2.45, 2.75) is 13.8 Å². The van der Waals surface area contributed by atoms with Crippen molar-refractivity contribution in [1.82, 2.24) is 0 Å². The summed E-state index contributed by atoms with van der Waals surface area (Å²) in [5.74, 6) is 0.284. The van der Waals surface area contributed by atoms with Gasteiger partial charge in [0.1, 0.15) is 5.75 Å². The lowest BCUT2D eigenvalue weighted by molar-refractivity contribution is 0.100. The van der Waals surface area contributed by atoms with Crippen molar-refractivity contribution < 1.29 is 14.3 Å². The molecule has 3 nitrogen and oxygen atoms in total. The monoisotopic (exact) mass is 270 g/mol. The van der Waals surface area contributed by atoms with Crippen LogP contribution in [0.15, 0.2) is 16.6 Å². The number of aldehydes is 1. The second-order valence-corrected chi connectivity index (χ2v) is 3.89. The lowest BCUT2D eigenvalue weighted by Gasteiger charge is -2.09. The van der Waals surface area contributed by atoms with Crippen LogP contribution in [0.4, 0.5) is 0 Å². The molecule has 80 valence electrons. The van der Waals surface area contributed by atoms with E-state index < -0.39 is 0 Å². The number of hydrogen-bond acceptors (Lipinski definition) is 3. The molecule has 0 spiro atoms. The summed E-state index contributed by atoms with van der Waals surface area (Å²) in [6.07, 6.45) is 0.647. The molecule has 0 aliphatic heterocycles. The van der Waals surface area contributed by atoms with Gasteiger partial charge in [-0.1, -0.05) is 15.9 Å². The van der Waals surface area contributed by atoms with Gasteiger partial charge in [-0.3, -0.25) is 9.59 Å². The Bertz CT molecular complexity index is 399. The van der Waals surface area contributed by atoms with Gasteiger partial charge in [0.25, 0.3) is 0 Å². The number of ether oxygens (including phenoxy) is 1. The van der Waals surface area contributed by atoms with Crippen LogP contribution in [0.5, 0.6) is 5.75 Å². The van der Waals surface area contributed by atoms with Crippen molar-refractivity contribution in [3.8, 4) is 5.75 Å². The minimum atomic E-state index is -0.153. The van der Waals surface area contributed by atoms with Gasteiger partial charge in [0.2, 0.25) is 0 Å². The molecular weight excluding hydrogens is 260 g/mol. The van der Waals surface area contributed by atoms with E-state index in [-0.39, 0.29) is 5.78 Å². The highest BCUT2D eigenvalue weighted by atomic mass is 79.9. The first-order valence-corrected chi connectivity index (χ1v) is 5.32. The van der Waals surface area contributed by atoms with E-state index in [1.54, 1.807) is 12.1 Å². The molecular formula is C11H11BrO3. The first-order valence-electron chi connectivity index (χ1n) is 4.52. The molecule has 4 heteroatoms. The van der Waals surface area contributed by atoms with E-state index in [4.69, 9.17) is 4.74 Å². The van der Waals surface area contributed by atoms with Crippen LogP contribution in [0.1, 0.15) is 34.6 Å². The van der Waals surface area contributed by atoms with Crippen LogP contribution in [-0.4, -0.2) is 18.7 Å². The van der Waals surface area contributed by atoms with E-state index in [0.29, 0.717) is 29.8 Å². The normalized spacial score (nSPS) is 9.80. The summed E-state index contributed by atoms with van der Waals surface area (Å²) in [6.45, 7) is 3.70. The molecule has 0 radical (unpaired) electrons. The molecule has 0 saturated heterocycles. The quantitative estimate of drug-likeness (QED) is 0.624. The summed E-state index contributed by atoms with van der Waals surface area (Å²) in [5.41, 5.74) is 0.690. The maximum absolute atomic E-state index is 11.3. The van der Waals surface area contributed by atoms with Gasteiger partial charge < -0.3 is 4.74 Å². The maximum atomic E-state index is 11.3. The Morgan fingerprint density at radius 2 is 2.20 bits per heavy atom. The van der Waals surface area contributed by atoms with E-state index in [0.717, 1.165) is 4.47 Å². The first kappa shape index (κ1) is 11.9. The summed E-state index contributed by atoms with van der Waals surface area (Å²) in [4.78, 5) is 22.2. The Kier molecular flexibility index (Phi) is 4.03. The molecule has 1 aromatic carbocycles. The summed E-state index contributed by atoms with van der Waals surface area (Å²) in [6, 6.07) is 3.30. The van der Waals surface area contributed by atoms with Crippen molar-refractivity contribution in [2.75, 3.05) is 6.61 Å². The fraction of sp³-hybridized carbons (Fsp3) is 0.273. The molecule has 0 amide bonds. The second-order valence-electron chi connectivity index (χ2n) is 2.97. The van der Waals surface area contributed by atoms with E-state index in [1.165, 1.54) is 6.92 Å². The topological polar surface area (TPSA) is 43.4 Å². The standard InChI is InChI=1S/C11H11BrO3/c1-3-15-11-5-8(12)4-9(7(2)14)10(11)6-13/h4-6H,3H2,1-2H3. The van der Waals surface area contributed by atoms with Crippen LogP contribution < -0.4 is 4.74 Å². The predicted octanol–water partition coefficient (Wildman–Crippen LogP) is 2.86. The van der Waals surface area contributed by atoms with Crippen LogP contribution in [0, 0.1) is 0 Å². The van der Waals surface area contributed by atoms with Gasteiger partial charge in [-0.05, 0) is 26.0 Å². The zero-order valence-electron chi connectivity index (χ0n) is 8.54. The zero-order chi connectivity index (χ0) is 11.4. The van der Waals surface area contributed by atoms with Crippen molar-refractivity contribution in [3.05, 3.63) is 27.7 Å². The molecule has 0 fully saturated rings. The van der Waals surface area contributed by atoms with Crippen molar-refractivity contribution in [1.29, 1.82) is 0 Å². The summed E-state index contributed by atoms with van der Waals surface area (Å²) in [7, 11) is 0. The summed E-state index contributed by atoms with van der Waals surface area (Å²) >= 11 is 3.27. The Hall–Kier alpha value is -1.16. The number of Topliss-reactive ketones (excluding diaryl/α,β-unsaturated/α-hetero) is 1. The first-order chi connectivity index (χ1) is 7.10. The van der Waals surface area contributed by atoms with Gasteiger partial charge in [0.15, 0.2) is 12.1 Å². The molecule has 0 aliphatic rings. The van der Waals surface area contributed by atoms with Gasteiger partial charge in [0, 0.05) is 10.0 Å². The highest BCUT2D eigenvalue weighted by Crippen LogP contribution is 2.26. The fourth-order valence-corrected chi connectivity index (χ4v) is 1.72. The fourth-order valence-electron chi connectivity index (χ4n) is 1.28. The Morgan fingerprint density at radius 1 is 1.53 bits per heavy atom. The highest BCUT2D eigenvalue weighted by molar-refractivity contribution is 9.10. The smallest absolute Gasteiger partial charge is 0.160 e. The van der Waals surface area contributed by atoms with Crippen molar-refractivity contribution in [2.24, 2.45) is 0 Å². The third-order valence-corrected chi connectivity index (χ3v) is 2.36. The number of hydrogen-bond donors (Lipinski definition) is 0. The molecule has 0 aromatic heterocycles. The van der Waals surface area contributed by atoms with Gasteiger partial charge in [-0.2, -0.15) is 0 Å². The lowest BCUT2D eigenvalue weighted by atomic mass is 10.0. The molecule has 0 N–H and O–H groups in total. The molecule has 0 atom stereocenters. The minimum absolute atomic E-state index is 0.153. The predicted molar refractivity (Wildman–Crippen MR) is 60.7 cm³/mol. The number of benzene rings is 1. The van der Waals surface area contributed by atoms with Crippen molar-refractivity contribution >= 4 is 28.0 Å². The molecule has 0 heterocycles. The molecule has 15 heavy (non-hydrogen) atoms. The number of carbonyl (C=O) groups is 2. The number of carbonyl (C=O) groups excluding carboxylic acids is 2. The Morgan fingerprint density at radius 3 is 2.67 bits per heavy atom. The van der Waals surface area contributed by atoms with E-state index in [1.807, 2.05) is 6.92 Å². The minimum Gasteiger partial charge on any atom is -0.493 e. The zero-order valence-corrected chi connectivity index (χ0v) is 10.1. The van der Waals surface area contributed by atoms with E-state index in [2.05, 4.69) is 15.9 Å². The van der Waals surface area contributed by atoms with Crippen LogP contribution in [-0.2, 0) is 0 Å². The van der Waals surface area contributed by atoms with Crippen molar-refractivity contribution in [3.63, 3.8) is 0 Å². The van der Waals surface area contributed by atoms with Crippen LogP contribution in [0.3, 0.4) is 0 Å². The maximum Gasteiger partial charge on any atom is 0.160 e. The molecule has 0 bridgehead atoms. The van der Waals surface area contributed by atoms with Crippen LogP contribution >= 0.6 is 15.9 Å². The summed E-state index contributed by atoms with van der Waals surface area (Å²) < 4.78 is 6.01. The van der Waals surface area contributed by atoms with Crippen LogP contribution in [0.2, 0.25) is 0 Å².